The Kier molecular flexibility index (Phi) is 4.24. The second-order valence-electron chi connectivity index (χ2n) is 4.51. The second kappa shape index (κ2) is 5.92. The third-order valence-corrected chi connectivity index (χ3v) is 3.42. The summed E-state index contributed by atoms with van der Waals surface area (Å²) in [5, 5.41) is 14.1. The minimum atomic E-state index is -0.196. The molecule has 1 atom stereocenters. The first kappa shape index (κ1) is 14.3. The summed E-state index contributed by atoms with van der Waals surface area (Å²) in [6.07, 6.45) is 6.54. The Hall–Kier alpha value is -2.08. The molecule has 0 aliphatic heterocycles. The first-order chi connectivity index (χ1) is 9.49. The lowest BCUT2D eigenvalue weighted by molar-refractivity contribution is -0.117. The van der Waals surface area contributed by atoms with Crippen LogP contribution in [-0.4, -0.2) is 25.9 Å². The van der Waals surface area contributed by atoms with Crippen molar-refractivity contribution in [2.24, 2.45) is 7.05 Å². The zero-order valence-corrected chi connectivity index (χ0v) is 12.3. The number of hydrogen-bond donors (Lipinski definition) is 2. The van der Waals surface area contributed by atoms with E-state index >= 15 is 0 Å². The lowest BCUT2D eigenvalue weighted by Crippen LogP contribution is -2.24. The Bertz CT molecular complexity index is 629. The molecule has 0 saturated heterocycles. The fourth-order valence-corrected chi connectivity index (χ4v) is 2.07. The minimum Gasteiger partial charge on any atom is -0.346 e. The van der Waals surface area contributed by atoms with Crippen LogP contribution in [0.3, 0.4) is 0 Å². The van der Waals surface area contributed by atoms with Crippen LogP contribution in [0, 0.1) is 6.92 Å². The van der Waals surface area contributed by atoms with Gasteiger partial charge in [0.2, 0.25) is 5.91 Å². The van der Waals surface area contributed by atoms with Crippen LogP contribution in [0.25, 0.3) is 6.08 Å². The zero-order valence-electron chi connectivity index (χ0n) is 11.5. The van der Waals surface area contributed by atoms with Crippen molar-refractivity contribution in [3.8, 4) is 0 Å². The van der Waals surface area contributed by atoms with Gasteiger partial charge < -0.3 is 5.32 Å². The molecular weight excluding hydrogens is 278 g/mol. The first-order valence-electron chi connectivity index (χ1n) is 6.15. The van der Waals surface area contributed by atoms with Gasteiger partial charge in [-0.05, 0) is 19.9 Å². The van der Waals surface area contributed by atoms with Crippen molar-refractivity contribution < 1.29 is 4.79 Å². The van der Waals surface area contributed by atoms with E-state index in [1.165, 1.54) is 6.08 Å². The van der Waals surface area contributed by atoms with Crippen LogP contribution in [0.4, 0.5) is 0 Å². The number of H-pyrrole nitrogens is 1. The summed E-state index contributed by atoms with van der Waals surface area (Å²) in [4.78, 5) is 11.9. The van der Waals surface area contributed by atoms with Crippen LogP contribution in [0.2, 0.25) is 5.15 Å². The van der Waals surface area contributed by atoms with E-state index in [1.807, 2.05) is 13.8 Å². The lowest BCUT2D eigenvalue weighted by Gasteiger charge is -2.09. The molecule has 1 amide bonds. The number of aryl methyl sites for hydroxylation is 2. The fraction of sp³-hybridized carbons (Fsp3) is 0.308. The molecule has 0 aliphatic carbocycles. The van der Waals surface area contributed by atoms with E-state index in [1.54, 1.807) is 30.2 Å². The number of nitrogens with zero attached hydrogens (tertiary/aromatic N) is 3. The van der Waals surface area contributed by atoms with E-state index < -0.39 is 0 Å². The standard InChI is InChI=1S/C13H16ClN5O/c1-8(10-6-15-16-7-10)17-12(20)5-4-11-9(2)18-19(3)13(11)14/h4-8H,1-3H3,(H,15,16)(H,17,20)/b5-4+. The molecule has 20 heavy (non-hydrogen) atoms. The molecule has 106 valence electrons. The van der Waals surface area contributed by atoms with Gasteiger partial charge in [-0.2, -0.15) is 10.2 Å². The predicted octanol–water partition coefficient (Wildman–Crippen LogP) is 2.00. The quantitative estimate of drug-likeness (QED) is 0.847. The molecule has 0 bridgehead atoms. The van der Waals surface area contributed by atoms with Crippen LogP contribution >= 0.6 is 11.6 Å². The van der Waals surface area contributed by atoms with Gasteiger partial charge in [0.15, 0.2) is 0 Å². The number of carbonyl (C=O) groups is 1. The third kappa shape index (κ3) is 3.08. The molecule has 0 spiro atoms. The fourth-order valence-electron chi connectivity index (χ4n) is 1.84. The molecule has 2 aromatic heterocycles. The Balaban J connectivity index is 2.02. The maximum Gasteiger partial charge on any atom is 0.244 e. The molecule has 6 nitrogen and oxygen atoms in total. The maximum absolute atomic E-state index is 11.9. The highest BCUT2D eigenvalue weighted by atomic mass is 35.5. The smallest absolute Gasteiger partial charge is 0.244 e. The van der Waals surface area contributed by atoms with Crippen LogP contribution in [0.15, 0.2) is 18.5 Å². The van der Waals surface area contributed by atoms with Crippen molar-refractivity contribution in [2.75, 3.05) is 0 Å². The molecule has 2 rings (SSSR count). The van der Waals surface area contributed by atoms with Crippen molar-refractivity contribution in [3.63, 3.8) is 0 Å². The van der Waals surface area contributed by atoms with Crippen molar-refractivity contribution in [1.82, 2.24) is 25.3 Å². The van der Waals surface area contributed by atoms with Gasteiger partial charge in [-0.15, -0.1) is 0 Å². The van der Waals surface area contributed by atoms with E-state index in [-0.39, 0.29) is 11.9 Å². The number of amides is 1. The van der Waals surface area contributed by atoms with Gasteiger partial charge in [-0.25, -0.2) is 0 Å². The summed E-state index contributed by atoms with van der Waals surface area (Å²) in [5.41, 5.74) is 2.45. The van der Waals surface area contributed by atoms with Crippen LogP contribution < -0.4 is 5.32 Å². The van der Waals surface area contributed by atoms with Gasteiger partial charge in [0.1, 0.15) is 5.15 Å². The normalized spacial score (nSPS) is 12.8. The van der Waals surface area contributed by atoms with E-state index in [0.29, 0.717) is 5.15 Å². The van der Waals surface area contributed by atoms with Crippen molar-refractivity contribution >= 4 is 23.6 Å². The molecule has 0 aromatic carbocycles. The molecule has 1 unspecified atom stereocenters. The Labute approximate surface area is 121 Å². The number of carbonyl (C=O) groups excluding carboxylic acids is 1. The summed E-state index contributed by atoms with van der Waals surface area (Å²) < 4.78 is 1.57. The largest absolute Gasteiger partial charge is 0.346 e. The van der Waals surface area contributed by atoms with Gasteiger partial charge >= 0.3 is 0 Å². The number of hydrogen-bond acceptors (Lipinski definition) is 3. The zero-order chi connectivity index (χ0) is 14.7. The second-order valence-corrected chi connectivity index (χ2v) is 4.87. The Morgan fingerprint density at radius 2 is 2.35 bits per heavy atom. The summed E-state index contributed by atoms with van der Waals surface area (Å²) in [6.45, 7) is 3.73. The minimum absolute atomic E-state index is 0.114. The molecular formula is C13H16ClN5O. The Morgan fingerprint density at radius 1 is 1.60 bits per heavy atom. The molecule has 7 heteroatoms. The van der Waals surface area contributed by atoms with Gasteiger partial charge in [-0.3, -0.25) is 14.6 Å². The highest BCUT2D eigenvalue weighted by molar-refractivity contribution is 6.31. The maximum atomic E-state index is 11.9. The summed E-state index contributed by atoms with van der Waals surface area (Å²) >= 11 is 6.09. The summed E-state index contributed by atoms with van der Waals surface area (Å²) in [6, 6.07) is -0.114. The van der Waals surface area contributed by atoms with E-state index in [4.69, 9.17) is 11.6 Å². The average Bonchev–Trinajstić information content (AvgIpc) is 2.98. The van der Waals surface area contributed by atoms with E-state index in [9.17, 15) is 4.79 Å². The molecule has 0 saturated carbocycles. The monoisotopic (exact) mass is 293 g/mol. The number of rotatable bonds is 4. The number of aromatic nitrogens is 4. The number of halogens is 1. The van der Waals surface area contributed by atoms with Gasteiger partial charge in [0.05, 0.1) is 17.9 Å². The first-order valence-corrected chi connectivity index (χ1v) is 6.53. The molecule has 0 radical (unpaired) electrons. The van der Waals surface area contributed by atoms with Crippen molar-refractivity contribution in [2.45, 2.75) is 19.9 Å². The number of aromatic amines is 1. The van der Waals surface area contributed by atoms with Crippen molar-refractivity contribution in [1.29, 1.82) is 0 Å². The lowest BCUT2D eigenvalue weighted by atomic mass is 10.2. The van der Waals surface area contributed by atoms with Crippen LogP contribution in [0.1, 0.15) is 29.8 Å². The number of nitrogens with one attached hydrogen (secondary N) is 2. The topological polar surface area (TPSA) is 75.6 Å². The summed E-state index contributed by atoms with van der Waals surface area (Å²) in [5.74, 6) is -0.196. The predicted molar refractivity (Wildman–Crippen MR) is 77.1 cm³/mol. The van der Waals surface area contributed by atoms with Crippen LogP contribution in [-0.2, 0) is 11.8 Å². The highest BCUT2D eigenvalue weighted by Gasteiger charge is 2.10. The van der Waals surface area contributed by atoms with Crippen LogP contribution in [0.5, 0.6) is 0 Å². The van der Waals surface area contributed by atoms with E-state index in [0.717, 1.165) is 16.8 Å². The molecule has 0 fully saturated rings. The molecule has 2 N–H and O–H groups in total. The SMILES string of the molecule is Cc1nn(C)c(Cl)c1/C=C/C(=O)NC(C)c1cn[nH]c1. The third-order valence-electron chi connectivity index (χ3n) is 2.98. The highest BCUT2D eigenvalue weighted by Crippen LogP contribution is 2.20. The average molecular weight is 294 g/mol. The van der Waals surface area contributed by atoms with Gasteiger partial charge in [0.25, 0.3) is 0 Å². The van der Waals surface area contributed by atoms with E-state index in [2.05, 4.69) is 20.6 Å². The van der Waals surface area contributed by atoms with Crippen molar-refractivity contribution in [3.05, 3.63) is 40.4 Å². The Morgan fingerprint density at radius 3 is 2.90 bits per heavy atom. The van der Waals surface area contributed by atoms with Gasteiger partial charge in [-0.1, -0.05) is 11.6 Å². The molecule has 0 aliphatic rings. The van der Waals surface area contributed by atoms with Gasteiger partial charge in [0, 0.05) is 30.4 Å². The molecule has 2 aromatic rings. The molecule has 2 heterocycles. The summed E-state index contributed by atoms with van der Waals surface area (Å²) in [7, 11) is 1.76.